The summed E-state index contributed by atoms with van der Waals surface area (Å²) in [5.74, 6) is 0.617. The molecule has 1 aromatic heterocycles. The summed E-state index contributed by atoms with van der Waals surface area (Å²) in [4.78, 5) is 8.55. The molecule has 8 nitrogen and oxygen atoms in total. The number of anilines is 2. The SMILES string of the molecule is C=Cc1cnc(Nc2ccc(S(N)(=O)=O)cc2)nc1OC1CCCC1O. The second-order valence-electron chi connectivity index (χ2n) is 6.01. The highest BCUT2D eigenvalue weighted by Gasteiger charge is 2.28. The molecule has 2 atom stereocenters. The van der Waals surface area contributed by atoms with Crippen molar-refractivity contribution in [2.45, 2.75) is 36.4 Å². The van der Waals surface area contributed by atoms with Crippen molar-refractivity contribution in [3.8, 4) is 5.88 Å². The second kappa shape index (κ2) is 7.40. The molecule has 2 unspecified atom stereocenters. The lowest BCUT2D eigenvalue weighted by Gasteiger charge is -2.18. The first-order chi connectivity index (χ1) is 12.4. The minimum atomic E-state index is -3.74. The number of aliphatic hydroxyl groups excluding tert-OH is 1. The highest BCUT2D eigenvalue weighted by Crippen LogP contribution is 2.27. The Hall–Kier alpha value is -2.49. The fourth-order valence-corrected chi connectivity index (χ4v) is 3.23. The van der Waals surface area contributed by atoms with E-state index >= 15 is 0 Å². The van der Waals surface area contributed by atoms with Gasteiger partial charge in [-0.2, -0.15) is 4.98 Å². The zero-order chi connectivity index (χ0) is 18.7. The molecule has 0 amide bonds. The van der Waals surface area contributed by atoms with Gasteiger partial charge in [0.05, 0.1) is 16.6 Å². The van der Waals surface area contributed by atoms with Crippen molar-refractivity contribution < 1.29 is 18.3 Å². The second-order valence-corrected chi connectivity index (χ2v) is 7.57. The largest absolute Gasteiger partial charge is 0.471 e. The van der Waals surface area contributed by atoms with Gasteiger partial charge in [-0.25, -0.2) is 18.5 Å². The van der Waals surface area contributed by atoms with Gasteiger partial charge in [0.25, 0.3) is 0 Å². The standard InChI is InChI=1S/C17H20N4O4S/c1-2-11-10-19-17(21-16(11)25-15-5-3-4-14(15)22)20-12-6-8-13(9-7-12)26(18,23)24/h2,6-10,14-15,22H,1,3-5H2,(H2,18,23,24)(H,19,20,21). The van der Waals surface area contributed by atoms with E-state index in [2.05, 4.69) is 21.9 Å². The van der Waals surface area contributed by atoms with Crippen LogP contribution >= 0.6 is 0 Å². The predicted molar refractivity (Wildman–Crippen MR) is 97.5 cm³/mol. The summed E-state index contributed by atoms with van der Waals surface area (Å²) in [5, 5.41) is 18.0. The van der Waals surface area contributed by atoms with Crippen LogP contribution in [0.15, 0.2) is 41.9 Å². The zero-order valence-corrected chi connectivity index (χ0v) is 14.8. The molecule has 0 bridgehead atoms. The molecule has 3 rings (SSSR count). The monoisotopic (exact) mass is 376 g/mol. The number of hydrogen-bond donors (Lipinski definition) is 3. The molecule has 138 valence electrons. The summed E-state index contributed by atoms with van der Waals surface area (Å²) in [5.41, 5.74) is 1.22. The zero-order valence-electron chi connectivity index (χ0n) is 14.0. The Morgan fingerprint density at radius 3 is 2.62 bits per heavy atom. The molecular weight excluding hydrogens is 356 g/mol. The van der Waals surface area contributed by atoms with Gasteiger partial charge in [-0.3, -0.25) is 0 Å². The third-order valence-corrected chi connectivity index (χ3v) is 5.05. The molecule has 1 aliphatic rings. The molecule has 1 aromatic carbocycles. The van der Waals surface area contributed by atoms with Gasteiger partial charge in [-0.05, 0) is 43.5 Å². The normalized spacial score (nSPS) is 19.9. The number of ether oxygens (including phenoxy) is 1. The Bertz CT molecular complexity index is 899. The van der Waals surface area contributed by atoms with Crippen LogP contribution in [0.3, 0.4) is 0 Å². The average molecular weight is 376 g/mol. The molecular formula is C17H20N4O4S. The van der Waals surface area contributed by atoms with Crippen LogP contribution in [0, 0.1) is 0 Å². The lowest BCUT2D eigenvalue weighted by atomic mass is 10.2. The topological polar surface area (TPSA) is 127 Å². The lowest BCUT2D eigenvalue weighted by molar-refractivity contribution is 0.0573. The van der Waals surface area contributed by atoms with Gasteiger partial charge < -0.3 is 15.2 Å². The molecule has 1 saturated carbocycles. The Morgan fingerprint density at radius 1 is 1.31 bits per heavy atom. The summed E-state index contributed by atoms with van der Waals surface area (Å²) in [6.07, 6.45) is 4.72. The number of nitrogens with two attached hydrogens (primary N) is 1. The van der Waals surface area contributed by atoms with Crippen molar-refractivity contribution in [3.05, 3.63) is 42.6 Å². The third kappa shape index (κ3) is 4.18. The first-order valence-electron chi connectivity index (χ1n) is 8.11. The van der Waals surface area contributed by atoms with Crippen LogP contribution in [0.2, 0.25) is 0 Å². The van der Waals surface area contributed by atoms with Crippen molar-refractivity contribution in [2.75, 3.05) is 5.32 Å². The summed E-state index contributed by atoms with van der Waals surface area (Å²) >= 11 is 0. The number of benzene rings is 1. The van der Waals surface area contributed by atoms with E-state index in [0.29, 0.717) is 23.6 Å². The van der Waals surface area contributed by atoms with Gasteiger partial charge in [-0.1, -0.05) is 12.7 Å². The number of nitrogens with zero attached hydrogens (tertiary/aromatic N) is 2. The molecule has 2 aromatic rings. The molecule has 1 heterocycles. The minimum Gasteiger partial charge on any atom is -0.471 e. The molecule has 4 N–H and O–H groups in total. The number of nitrogens with one attached hydrogen (secondary N) is 1. The number of primary sulfonamides is 1. The smallest absolute Gasteiger partial charge is 0.238 e. The molecule has 0 radical (unpaired) electrons. The molecule has 0 spiro atoms. The van der Waals surface area contributed by atoms with Crippen LogP contribution in [0.4, 0.5) is 11.6 Å². The van der Waals surface area contributed by atoms with Gasteiger partial charge in [-0.15, -0.1) is 0 Å². The number of rotatable bonds is 6. The summed E-state index contributed by atoms with van der Waals surface area (Å²) < 4.78 is 28.4. The molecule has 1 fully saturated rings. The van der Waals surface area contributed by atoms with E-state index in [9.17, 15) is 13.5 Å². The van der Waals surface area contributed by atoms with Crippen molar-refractivity contribution >= 4 is 27.7 Å². The van der Waals surface area contributed by atoms with Gasteiger partial charge in [0.15, 0.2) is 0 Å². The van der Waals surface area contributed by atoms with E-state index < -0.39 is 16.1 Å². The maximum atomic E-state index is 11.3. The minimum absolute atomic E-state index is 0.0187. The maximum absolute atomic E-state index is 11.3. The molecule has 0 saturated heterocycles. The van der Waals surface area contributed by atoms with Gasteiger partial charge in [0, 0.05) is 11.9 Å². The van der Waals surface area contributed by atoms with Crippen LogP contribution < -0.4 is 15.2 Å². The first-order valence-corrected chi connectivity index (χ1v) is 9.65. The van der Waals surface area contributed by atoms with E-state index in [0.717, 1.165) is 12.8 Å². The van der Waals surface area contributed by atoms with Gasteiger partial charge in [0.2, 0.25) is 21.9 Å². The summed E-state index contributed by atoms with van der Waals surface area (Å²) in [6.45, 7) is 3.72. The number of aliphatic hydroxyl groups is 1. The molecule has 0 aliphatic heterocycles. The predicted octanol–water partition coefficient (Wildman–Crippen LogP) is 1.80. The number of aromatic nitrogens is 2. The Balaban J connectivity index is 1.80. The van der Waals surface area contributed by atoms with Gasteiger partial charge in [0.1, 0.15) is 6.10 Å². The number of sulfonamides is 1. The first kappa shape index (κ1) is 18.3. The fraction of sp³-hybridized carbons (Fsp3) is 0.294. The Labute approximate surface area is 151 Å². The van der Waals surface area contributed by atoms with Crippen LogP contribution in [0.5, 0.6) is 5.88 Å². The highest BCUT2D eigenvalue weighted by molar-refractivity contribution is 7.89. The number of hydrogen-bond acceptors (Lipinski definition) is 7. The van der Waals surface area contributed by atoms with E-state index in [1.165, 1.54) is 12.1 Å². The lowest BCUT2D eigenvalue weighted by Crippen LogP contribution is -2.26. The molecule has 1 aliphatic carbocycles. The van der Waals surface area contributed by atoms with Crippen molar-refractivity contribution in [1.82, 2.24) is 9.97 Å². The average Bonchev–Trinajstić information content (AvgIpc) is 3.00. The van der Waals surface area contributed by atoms with Crippen LogP contribution in [-0.2, 0) is 10.0 Å². The van der Waals surface area contributed by atoms with Crippen molar-refractivity contribution in [2.24, 2.45) is 5.14 Å². The Morgan fingerprint density at radius 2 is 2.04 bits per heavy atom. The van der Waals surface area contributed by atoms with E-state index in [4.69, 9.17) is 9.88 Å². The molecule has 9 heteroatoms. The quantitative estimate of drug-likeness (QED) is 0.701. The van der Waals surface area contributed by atoms with E-state index in [1.807, 2.05) is 0 Å². The molecule has 26 heavy (non-hydrogen) atoms. The Kier molecular flexibility index (Phi) is 5.21. The van der Waals surface area contributed by atoms with Crippen LogP contribution in [-0.4, -0.2) is 35.7 Å². The van der Waals surface area contributed by atoms with E-state index in [1.54, 1.807) is 24.4 Å². The summed E-state index contributed by atoms with van der Waals surface area (Å²) in [6, 6.07) is 5.90. The van der Waals surface area contributed by atoms with Crippen molar-refractivity contribution in [1.29, 1.82) is 0 Å². The van der Waals surface area contributed by atoms with Crippen molar-refractivity contribution in [3.63, 3.8) is 0 Å². The highest BCUT2D eigenvalue weighted by atomic mass is 32.2. The maximum Gasteiger partial charge on any atom is 0.238 e. The van der Waals surface area contributed by atoms with Gasteiger partial charge >= 0.3 is 0 Å². The fourth-order valence-electron chi connectivity index (χ4n) is 2.71. The summed E-state index contributed by atoms with van der Waals surface area (Å²) in [7, 11) is -3.74. The van der Waals surface area contributed by atoms with Crippen LogP contribution in [0.25, 0.3) is 6.08 Å². The third-order valence-electron chi connectivity index (χ3n) is 4.12. The van der Waals surface area contributed by atoms with E-state index in [-0.39, 0.29) is 16.9 Å². The van der Waals surface area contributed by atoms with Crippen LogP contribution in [0.1, 0.15) is 24.8 Å².